The molecule has 2 aromatic carbocycles. The van der Waals surface area contributed by atoms with Crippen molar-refractivity contribution in [3.63, 3.8) is 0 Å². The largest absolute Gasteiger partial charge is 0.497 e. The molecule has 0 amide bonds. The fourth-order valence-electron chi connectivity index (χ4n) is 2.57. The second kappa shape index (κ2) is 7.71. The van der Waals surface area contributed by atoms with Gasteiger partial charge in [-0.2, -0.15) is 5.10 Å². The highest BCUT2D eigenvalue weighted by Crippen LogP contribution is 2.29. The number of rotatable bonds is 7. The van der Waals surface area contributed by atoms with E-state index in [1.54, 1.807) is 29.1 Å². The Bertz CT molecular complexity index is 1030. The zero-order chi connectivity index (χ0) is 19.4. The van der Waals surface area contributed by atoms with Crippen LogP contribution in [0.25, 0.3) is 0 Å². The van der Waals surface area contributed by atoms with Crippen molar-refractivity contribution in [2.45, 2.75) is 18.4 Å². The first kappa shape index (κ1) is 18.8. The minimum Gasteiger partial charge on any atom is -0.497 e. The smallest absolute Gasteiger partial charge is 0.266 e. The van der Waals surface area contributed by atoms with Crippen molar-refractivity contribution in [2.24, 2.45) is 0 Å². The maximum Gasteiger partial charge on any atom is 0.266 e. The van der Waals surface area contributed by atoms with E-state index >= 15 is 0 Å². The van der Waals surface area contributed by atoms with Gasteiger partial charge in [0.15, 0.2) is 5.82 Å². The normalized spacial score (nSPS) is 11.2. The minimum atomic E-state index is -3.88. The molecule has 7 nitrogen and oxygen atoms in total. The van der Waals surface area contributed by atoms with Crippen LogP contribution in [-0.4, -0.2) is 32.4 Å². The third kappa shape index (κ3) is 4.40. The first-order valence-corrected chi connectivity index (χ1v) is 9.73. The van der Waals surface area contributed by atoms with E-state index in [1.165, 1.54) is 25.8 Å². The highest BCUT2D eigenvalue weighted by atomic mass is 32.2. The fraction of sp³-hybridized carbons (Fsp3) is 0.211. The number of aromatic nitrogens is 2. The predicted molar refractivity (Wildman–Crippen MR) is 103 cm³/mol. The Hall–Kier alpha value is -3.00. The van der Waals surface area contributed by atoms with E-state index in [9.17, 15) is 8.42 Å². The van der Waals surface area contributed by atoms with Crippen molar-refractivity contribution < 1.29 is 17.9 Å². The highest BCUT2D eigenvalue weighted by molar-refractivity contribution is 7.92. The summed E-state index contributed by atoms with van der Waals surface area (Å²) in [5.41, 5.74) is 2.26. The molecular weight excluding hydrogens is 366 g/mol. The summed E-state index contributed by atoms with van der Waals surface area (Å²) in [6, 6.07) is 14.3. The predicted octanol–water partition coefficient (Wildman–Crippen LogP) is 3.06. The minimum absolute atomic E-state index is 0.0163. The van der Waals surface area contributed by atoms with Gasteiger partial charge < -0.3 is 9.47 Å². The molecular formula is C19H21N3O4S. The molecule has 0 spiro atoms. The molecule has 0 saturated carbocycles. The first-order valence-electron chi connectivity index (χ1n) is 8.25. The molecule has 0 bridgehead atoms. The van der Waals surface area contributed by atoms with Crippen LogP contribution in [0.3, 0.4) is 0 Å². The van der Waals surface area contributed by atoms with Gasteiger partial charge in [0.1, 0.15) is 16.4 Å². The molecule has 142 valence electrons. The van der Waals surface area contributed by atoms with E-state index < -0.39 is 10.0 Å². The summed E-state index contributed by atoms with van der Waals surface area (Å²) in [5.74, 6) is 0.871. The van der Waals surface area contributed by atoms with Crippen LogP contribution in [0.2, 0.25) is 0 Å². The zero-order valence-electron chi connectivity index (χ0n) is 15.3. The molecule has 1 aromatic heterocycles. The summed E-state index contributed by atoms with van der Waals surface area (Å²) < 4.78 is 39.9. The monoisotopic (exact) mass is 387 g/mol. The molecule has 3 aromatic rings. The first-order chi connectivity index (χ1) is 12.9. The number of hydrogen-bond acceptors (Lipinski definition) is 5. The number of anilines is 1. The number of aryl methyl sites for hydroxylation is 1. The number of benzene rings is 2. The molecule has 3 rings (SSSR count). The Balaban J connectivity index is 1.81. The molecule has 0 fully saturated rings. The SMILES string of the molecule is COc1ccc(OC)c(S(=O)(=O)Nc2ccn(Cc3ccc(C)cc3)n2)c1. The molecule has 27 heavy (non-hydrogen) atoms. The zero-order valence-corrected chi connectivity index (χ0v) is 16.2. The van der Waals surface area contributed by atoms with Crippen LogP contribution in [0.15, 0.2) is 59.6 Å². The van der Waals surface area contributed by atoms with E-state index in [0.717, 1.165) is 5.56 Å². The molecule has 1 heterocycles. The Morgan fingerprint density at radius 2 is 1.78 bits per heavy atom. The Kier molecular flexibility index (Phi) is 5.36. The lowest BCUT2D eigenvalue weighted by Gasteiger charge is -2.11. The molecule has 8 heteroatoms. The fourth-order valence-corrected chi connectivity index (χ4v) is 3.75. The van der Waals surface area contributed by atoms with Gasteiger partial charge in [-0.1, -0.05) is 29.8 Å². The number of ether oxygens (including phenoxy) is 2. The summed E-state index contributed by atoms with van der Waals surface area (Å²) in [6.07, 6.45) is 1.72. The van der Waals surface area contributed by atoms with Crippen molar-refractivity contribution in [1.29, 1.82) is 0 Å². The molecule has 0 unspecified atom stereocenters. The van der Waals surface area contributed by atoms with Gasteiger partial charge in [-0.3, -0.25) is 9.40 Å². The Morgan fingerprint density at radius 1 is 1.04 bits per heavy atom. The van der Waals surface area contributed by atoms with Gasteiger partial charge in [-0.25, -0.2) is 8.42 Å². The van der Waals surface area contributed by atoms with Crippen LogP contribution < -0.4 is 14.2 Å². The van der Waals surface area contributed by atoms with Gasteiger partial charge in [-0.05, 0) is 24.6 Å². The molecule has 0 aliphatic heterocycles. The van der Waals surface area contributed by atoms with E-state index in [-0.39, 0.29) is 16.5 Å². The summed E-state index contributed by atoms with van der Waals surface area (Å²) in [6.45, 7) is 2.57. The lowest BCUT2D eigenvalue weighted by Crippen LogP contribution is -2.15. The third-order valence-corrected chi connectivity index (χ3v) is 5.38. The van der Waals surface area contributed by atoms with Gasteiger partial charge in [0.05, 0.1) is 20.8 Å². The van der Waals surface area contributed by atoms with Crippen LogP contribution in [0.5, 0.6) is 11.5 Å². The summed E-state index contributed by atoms with van der Waals surface area (Å²) in [7, 11) is -1.00. The van der Waals surface area contributed by atoms with Crippen LogP contribution in [-0.2, 0) is 16.6 Å². The topological polar surface area (TPSA) is 82.5 Å². The summed E-state index contributed by atoms with van der Waals surface area (Å²) >= 11 is 0. The maximum absolute atomic E-state index is 12.8. The van der Waals surface area contributed by atoms with Crippen LogP contribution >= 0.6 is 0 Å². The van der Waals surface area contributed by atoms with E-state index in [1.807, 2.05) is 31.2 Å². The number of nitrogens with one attached hydrogen (secondary N) is 1. The maximum atomic E-state index is 12.8. The molecule has 0 atom stereocenters. The van der Waals surface area contributed by atoms with E-state index in [2.05, 4.69) is 9.82 Å². The van der Waals surface area contributed by atoms with Crippen molar-refractivity contribution in [2.75, 3.05) is 18.9 Å². The third-order valence-electron chi connectivity index (χ3n) is 4.01. The number of sulfonamides is 1. The summed E-state index contributed by atoms with van der Waals surface area (Å²) in [5, 5.41) is 4.29. The number of nitrogens with zero attached hydrogens (tertiary/aromatic N) is 2. The van der Waals surface area contributed by atoms with E-state index in [4.69, 9.17) is 9.47 Å². The molecule has 0 aliphatic carbocycles. The van der Waals surface area contributed by atoms with Crippen LogP contribution in [0, 0.1) is 6.92 Å². The molecule has 1 N–H and O–H groups in total. The standard InChI is InChI=1S/C19H21N3O4S/c1-14-4-6-15(7-5-14)13-22-11-10-19(20-22)21-27(23,24)18-12-16(25-2)8-9-17(18)26-3/h4-12H,13H2,1-3H3,(H,20,21). The quantitative estimate of drug-likeness (QED) is 0.674. The van der Waals surface area contributed by atoms with Crippen molar-refractivity contribution in [3.05, 3.63) is 65.9 Å². The van der Waals surface area contributed by atoms with Gasteiger partial charge in [0.2, 0.25) is 0 Å². The number of methoxy groups -OCH3 is 2. The lowest BCUT2D eigenvalue weighted by molar-refractivity contribution is 0.392. The molecule has 0 radical (unpaired) electrons. The molecule has 0 aliphatic rings. The average molecular weight is 387 g/mol. The van der Waals surface area contributed by atoms with Crippen molar-refractivity contribution in [1.82, 2.24) is 9.78 Å². The second-order valence-electron chi connectivity index (χ2n) is 6.01. The van der Waals surface area contributed by atoms with Gasteiger partial charge >= 0.3 is 0 Å². The van der Waals surface area contributed by atoms with E-state index in [0.29, 0.717) is 12.3 Å². The summed E-state index contributed by atoms with van der Waals surface area (Å²) in [4.78, 5) is -0.0163. The van der Waals surface area contributed by atoms with Crippen molar-refractivity contribution >= 4 is 15.8 Å². The number of hydrogen-bond donors (Lipinski definition) is 1. The lowest BCUT2D eigenvalue weighted by atomic mass is 10.1. The van der Waals surface area contributed by atoms with Crippen LogP contribution in [0.4, 0.5) is 5.82 Å². The average Bonchev–Trinajstić information content (AvgIpc) is 3.09. The Morgan fingerprint density at radius 3 is 2.44 bits per heavy atom. The highest BCUT2D eigenvalue weighted by Gasteiger charge is 2.21. The van der Waals surface area contributed by atoms with Crippen molar-refractivity contribution in [3.8, 4) is 11.5 Å². The van der Waals surface area contributed by atoms with Crippen LogP contribution in [0.1, 0.15) is 11.1 Å². The second-order valence-corrected chi connectivity index (χ2v) is 7.66. The van der Waals surface area contributed by atoms with Gasteiger partial charge in [0.25, 0.3) is 10.0 Å². The van der Waals surface area contributed by atoms with Gasteiger partial charge in [-0.15, -0.1) is 0 Å². The van der Waals surface area contributed by atoms with Gasteiger partial charge in [0, 0.05) is 18.3 Å². The Labute approximate surface area is 158 Å². The molecule has 0 saturated heterocycles.